The zero-order chi connectivity index (χ0) is 19.7. The number of rotatable bonds is 1. The highest BCUT2D eigenvalue weighted by atomic mass is 79.9. The molecule has 136 valence electrons. The lowest BCUT2D eigenvalue weighted by atomic mass is 10.3. The Morgan fingerprint density at radius 1 is 1.00 bits per heavy atom. The average Bonchev–Trinajstić information content (AvgIpc) is 2.73. The zero-order valence-corrected chi connectivity index (χ0v) is 17.1. The summed E-state index contributed by atoms with van der Waals surface area (Å²) in [4.78, 5) is 12.3. The van der Waals surface area contributed by atoms with Crippen LogP contribution in [0.4, 0.5) is 11.4 Å². The van der Waals surface area contributed by atoms with Gasteiger partial charge in [-0.05, 0) is 44.0 Å². The molecule has 0 aliphatic carbocycles. The van der Waals surface area contributed by atoms with Gasteiger partial charge in [-0.3, -0.25) is 10.1 Å². The van der Waals surface area contributed by atoms with Crippen LogP contribution in [0.5, 0.6) is 0 Å². The van der Waals surface area contributed by atoms with Crippen molar-refractivity contribution in [1.82, 2.24) is 0 Å². The first-order valence-corrected chi connectivity index (χ1v) is 10.8. The summed E-state index contributed by atoms with van der Waals surface area (Å²) < 4.78 is 48.0. The fourth-order valence-electron chi connectivity index (χ4n) is 1.84. The minimum atomic E-state index is -3.98. The van der Waals surface area contributed by atoms with E-state index in [1.165, 1.54) is 36.4 Å². The van der Waals surface area contributed by atoms with Gasteiger partial charge in [-0.2, -0.15) is 0 Å². The number of nitrogens with zero attached hydrogens (tertiary/aromatic N) is 4. The summed E-state index contributed by atoms with van der Waals surface area (Å²) in [5.41, 5.74) is 0.150. The summed E-state index contributed by atoms with van der Waals surface area (Å²) in [6.07, 6.45) is 0. The first kappa shape index (κ1) is 20.4. The van der Waals surface area contributed by atoms with Gasteiger partial charge in [-0.1, -0.05) is 12.1 Å². The van der Waals surface area contributed by atoms with Crippen molar-refractivity contribution in [2.75, 3.05) is 0 Å². The number of nitro benzene ring substituents is 1. The second-order valence-corrected chi connectivity index (χ2v) is 9.67. The van der Waals surface area contributed by atoms with Gasteiger partial charge in [0.2, 0.25) is 5.39 Å². The van der Waals surface area contributed by atoms with Gasteiger partial charge in [0, 0.05) is 12.1 Å². The molecule has 1 heterocycles. The molecule has 1 aliphatic heterocycles. The van der Waals surface area contributed by atoms with Crippen LogP contribution in [0, 0.1) is 15.5 Å². The van der Waals surface area contributed by atoms with Gasteiger partial charge >= 0.3 is 5.69 Å². The highest BCUT2D eigenvalue weighted by molar-refractivity contribution is 9.11. The lowest BCUT2D eigenvalue weighted by molar-refractivity contribution is -0.385. The zero-order valence-electron chi connectivity index (χ0n) is 12.3. The lowest BCUT2D eigenvalue weighted by Crippen LogP contribution is -1.92. The predicted octanol–water partition coefficient (Wildman–Crippen LogP) is 4.06. The molecule has 0 fully saturated rings. The Morgan fingerprint density at radius 2 is 1.42 bits per heavy atom. The van der Waals surface area contributed by atoms with Crippen LogP contribution in [0.15, 0.2) is 55.1 Å². The van der Waals surface area contributed by atoms with Crippen LogP contribution in [-0.4, -0.2) is 21.8 Å². The largest absolute Gasteiger partial charge is 0.428 e. The number of nitro groups is 1. The van der Waals surface area contributed by atoms with Crippen LogP contribution < -0.4 is 0 Å². The van der Waals surface area contributed by atoms with E-state index in [4.69, 9.17) is 5.39 Å². The molecule has 10 nitrogen and oxygen atoms in total. The monoisotopic (exact) mass is 524 g/mol. The molecule has 0 unspecified atom stereocenters. The van der Waals surface area contributed by atoms with E-state index in [9.17, 15) is 26.9 Å². The summed E-state index contributed by atoms with van der Waals surface area (Å²) >= 11 is 6.08. The number of diazo groups is 1. The Bertz CT molecular complexity index is 1080. The smallest absolute Gasteiger partial charge is 0.413 e. The van der Waals surface area contributed by atoms with Crippen molar-refractivity contribution in [2.45, 2.75) is 9.79 Å². The molecule has 0 saturated heterocycles. The van der Waals surface area contributed by atoms with Gasteiger partial charge in [0.15, 0.2) is 4.98 Å². The van der Waals surface area contributed by atoms with Gasteiger partial charge < -0.3 is 4.13 Å². The van der Waals surface area contributed by atoms with Crippen LogP contribution in [-0.2, 0) is 20.0 Å². The Labute approximate surface area is 164 Å². The third kappa shape index (κ3) is 4.07. The number of hydrogen-bond acceptors (Lipinski definition) is 7. The molecule has 3 rings (SSSR count). The number of benzene rings is 2. The SMILES string of the molecule is N#[N+]c1c(Br)cc([N+](=O)[O-])cc1Br.O=S1(=O)[N-]S(=O)(=O)c2ccccc21. The molecule has 0 bridgehead atoms. The second kappa shape index (κ2) is 7.37. The summed E-state index contributed by atoms with van der Waals surface area (Å²) in [6.45, 7) is 0. The molecule has 0 aromatic heterocycles. The first-order valence-electron chi connectivity index (χ1n) is 6.31. The Hall–Kier alpha value is -1.92. The molecule has 2 aromatic rings. The number of hydrogen-bond donors (Lipinski definition) is 0. The number of sulfonamides is 2. The average molecular weight is 526 g/mol. The minimum Gasteiger partial charge on any atom is -0.428 e. The van der Waals surface area contributed by atoms with Gasteiger partial charge in [-0.25, -0.2) is 16.8 Å². The van der Waals surface area contributed by atoms with Gasteiger partial charge in [0.1, 0.15) is 29.0 Å². The number of non-ortho nitro benzene ring substituents is 1. The molecule has 0 amide bonds. The van der Waals surface area contributed by atoms with Crippen molar-refractivity contribution < 1.29 is 21.8 Å². The maximum Gasteiger partial charge on any atom is 0.413 e. The second-order valence-electron chi connectivity index (χ2n) is 4.59. The van der Waals surface area contributed by atoms with E-state index >= 15 is 0 Å². The summed E-state index contributed by atoms with van der Waals surface area (Å²) in [7, 11) is -7.95. The third-order valence-electron chi connectivity index (χ3n) is 2.91. The highest BCUT2D eigenvalue weighted by Gasteiger charge is 2.26. The van der Waals surface area contributed by atoms with E-state index in [2.05, 4.69) is 41.0 Å². The van der Waals surface area contributed by atoms with Crippen molar-refractivity contribution in [3.8, 4) is 0 Å². The molecule has 0 saturated carbocycles. The van der Waals surface area contributed by atoms with Gasteiger partial charge in [-0.15, -0.1) is 0 Å². The molecule has 0 radical (unpaired) electrons. The number of halogens is 2. The molecule has 0 atom stereocenters. The lowest BCUT2D eigenvalue weighted by Gasteiger charge is -2.05. The molecular formula is C12H6Br2N4O6S2. The van der Waals surface area contributed by atoms with Crippen molar-refractivity contribution in [2.24, 2.45) is 0 Å². The Kier molecular flexibility index (Phi) is 5.78. The third-order valence-corrected chi connectivity index (χ3v) is 7.65. The normalized spacial score (nSPS) is 15.9. The molecule has 2 aromatic carbocycles. The maximum absolute atomic E-state index is 11.1. The minimum absolute atomic E-state index is 0.0776. The van der Waals surface area contributed by atoms with Crippen molar-refractivity contribution in [3.63, 3.8) is 0 Å². The first-order chi connectivity index (χ1) is 12.0. The van der Waals surface area contributed by atoms with E-state index < -0.39 is 25.0 Å². The van der Waals surface area contributed by atoms with Crippen LogP contribution in [0.2, 0.25) is 0 Å². The predicted molar refractivity (Wildman–Crippen MR) is 97.4 cm³/mol. The van der Waals surface area contributed by atoms with Crippen molar-refractivity contribution in [1.29, 1.82) is 5.39 Å². The fraction of sp³-hybridized carbons (Fsp3) is 0. The van der Waals surface area contributed by atoms with Crippen LogP contribution in [0.25, 0.3) is 9.10 Å². The van der Waals surface area contributed by atoms with Crippen molar-refractivity contribution >= 4 is 63.3 Å². The van der Waals surface area contributed by atoms with E-state index in [1.54, 1.807) is 0 Å². The molecule has 0 N–H and O–H groups in total. The van der Waals surface area contributed by atoms with E-state index in [0.717, 1.165) is 0 Å². The standard InChI is InChI=1S/C6H2Br2N3O2.C6H4NO4S2/c7-4-1-3(11(12)13)2-5(8)6(4)10-9;8-12(9)5-3-1-2-4-6(5)13(10,11)7-12/h1-2H;1-4H/q+1;-1. The van der Waals surface area contributed by atoms with Crippen LogP contribution in [0.1, 0.15) is 0 Å². The van der Waals surface area contributed by atoms with E-state index in [1.807, 2.05) is 0 Å². The Morgan fingerprint density at radius 3 is 1.77 bits per heavy atom. The van der Waals surface area contributed by atoms with E-state index in [-0.39, 0.29) is 21.2 Å². The summed E-state index contributed by atoms with van der Waals surface area (Å²) in [5.74, 6) is 0. The van der Waals surface area contributed by atoms with Crippen LogP contribution >= 0.6 is 31.9 Å². The molecule has 26 heavy (non-hydrogen) atoms. The van der Waals surface area contributed by atoms with E-state index in [0.29, 0.717) is 8.95 Å². The summed E-state index contributed by atoms with van der Waals surface area (Å²) in [5, 5.41) is 18.9. The Balaban J connectivity index is 0.000000187. The topological polar surface area (TPSA) is 154 Å². The molecular weight excluding hydrogens is 520 g/mol. The quantitative estimate of drug-likeness (QED) is 0.309. The fourth-order valence-corrected chi connectivity index (χ4v) is 6.61. The van der Waals surface area contributed by atoms with Crippen molar-refractivity contribution in [3.05, 3.63) is 64.6 Å². The molecule has 1 aliphatic rings. The number of fused-ring (bicyclic) bond motifs is 1. The highest BCUT2D eigenvalue weighted by Crippen LogP contribution is 2.38. The summed E-state index contributed by atoms with van der Waals surface area (Å²) in [6, 6.07) is 7.87. The molecule has 0 spiro atoms. The molecule has 14 heteroatoms. The van der Waals surface area contributed by atoms with Crippen LogP contribution in [0.3, 0.4) is 0 Å². The van der Waals surface area contributed by atoms with Gasteiger partial charge in [0.05, 0.1) is 14.7 Å². The van der Waals surface area contributed by atoms with Gasteiger partial charge in [0.25, 0.3) is 5.69 Å². The maximum atomic E-state index is 11.1.